The van der Waals surface area contributed by atoms with Gasteiger partial charge in [0.1, 0.15) is 0 Å². The SMILES string of the molecule is CN(c1ccc(S(C)(=O)=O)cc1)S(=O)(=O)c1cccc(C(=O)O)c1. The zero-order valence-electron chi connectivity index (χ0n) is 12.9. The maximum Gasteiger partial charge on any atom is 0.335 e. The summed E-state index contributed by atoms with van der Waals surface area (Å²) >= 11 is 0. The van der Waals surface area contributed by atoms with Gasteiger partial charge in [-0.05, 0) is 42.5 Å². The quantitative estimate of drug-likeness (QED) is 0.858. The maximum absolute atomic E-state index is 12.6. The van der Waals surface area contributed by atoms with Crippen LogP contribution in [0.5, 0.6) is 0 Å². The van der Waals surface area contributed by atoms with Gasteiger partial charge in [0, 0.05) is 13.3 Å². The van der Waals surface area contributed by atoms with Crippen molar-refractivity contribution in [2.75, 3.05) is 17.6 Å². The second kappa shape index (κ2) is 6.25. The number of nitrogens with zero attached hydrogens (tertiary/aromatic N) is 1. The molecule has 0 bridgehead atoms. The normalized spacial score (nSPS) is 11.9. The molecule has 2 aromatic carbocycles. The fourth-order valence-electron chi connectivity index (χ4n) is 1.99. The Kier molecular flexibility index (Phi) is 4.68. The van der Waals surface area contributed by atoms with E-state index in [-0.39, 0.29) is 21.0 Å². The van der Waals surface area contributed by atoms with Gasteiger partial charge in [-0.15, -0.1) is 0 Å². The molecular formula is C15H15NO6S2. The standard InChI is InChI=1S/C15H15NO6S2/c1-16(12-6-8-13(9-7-12)23(2,19)20)24(21,22)14-5-3-4-11(10-14)15(17)18/h3-10H,1-2H3,(H,17,18). The second-order valence-corrected chi connectivity index (χ2v) is 9.06. The van der Waals surface area contributed by atoms with E-state index in [0.717, 1.165) is 16.6 Å². The number of sulfonamides is 1. The largest absolute Gasteiger partial charge is 0.478 e. The van der Waals surface area contributed by atoms with Crippen molar-refractivity contribution < 1.29 is 26.7 Å². The summed E-state index contributed by atoms with van der Waals surface area (Å²) < 4.78 is 49.1. The summed E-state index contributed by atoms with van der Waals surface area (Å²) in [6.45, 7) is 0. The number of carbonyl (C=O) groups is 1. The predicted octanol–water partition coefficient (Wildman–Crippen LogP) is 1.61. The number of aromatic carboxylic acids is 1. The van der Waals surface area contributed by atoms with E-state index in [1.54, 1.807) is 0 Å². The molecular weight excluding hydrogens is 354 g/mol. The molecule has 9 heteroatoms. The van der Waals surface area contributed by atoms with Gasteiger partial charge in [-0.25, -0.2) is 21.6 Å². The minimum absolute atomic E-state index is 0.0740. The highest BCUT2D eigenvalue weighted by atomic mass is 32.2. The van der Waals surface area contributed by atoms with Gasteiger partial charge in [0.15, 0.2) is 9.84 Å². The van der Waals surface area contributed by atoms with Gasteiger partial charge in [-0.2, -0.15) is 0 Å². The lowest BCUT2D eigenvalue weighted by Crippen LogP contribution is -2.26. The van der Waals surface area contributed by atoms with E-state index in [0.29, 0.717) is 0 Å². The Morgan fingerprint density at radius 1 is 0.958 bits per heavy atom. The molecule has 0 atom stereocenters. The van der Waals surface area contributed by atoms with Crippen LogP contribution in [-0.4, -0.2) is 41.2 Å². The molecule has 0 aliphatic rings. The van der Waals surface area contributed by atoms with Crippen LogP contribution >= 0.6 is 0 Å². The third kappa shape index (κ3) is 3.57. The van der Waals surface area contributed by atoms with Crippen LogP contribution in [0.4, 0.5) is 5.69 Å². The first kappa shape index (κ1) is 18.0. The van der Waals surface area contributed by atoms with Gasteiger partial charge in [-0.3, -0.25) is 4.31 Å². The van der Waals surface area contributed by atoms with Crippen molar-refractivity contribution in [2.24, 2.45) is 0 Å². The molecule has 0 fully saturated rings. The van der Waals surface area contributed by atoms with Gasteiger partial charge >= 0.3 is 5.97 Å². The lowest BCUT2D eigenvalue weighted by atomic mass is 10.2. The fourth-order valence-corrected chi connectivity index (χ4v) is 3.86. The molecule has 0 aromatic heterocycles. The Bertz CT molecular complexity index is 979. The van der Waals surface area contributed by atoms with E-state index >= 15 is 0 Å². The fraction of sp³-hybridized carbons (Fsp3) is 0.133. The zero-order chi connectivity index (χ0) is 18.1. The third-order valence-electron chi connectivity index (χ3n) is 3.37. The van der Waals surface area contributed by atoms with Gasteiger partial charge in [0.05, 0.1) is 21.0 Å². The van der Waals surface area contributed by atoms with E-state index < -0.39 is 25.8 Å². The molecule has 0 heterocycles. The summed E-state index contributed by atoms with van der Waals surface area (Å²) in [5.41, 5.74) is 0.111. The lowest BCUT2D eigenvalue weighted by Gasteiger charge is -2.20. The van der Waals surface area contributed by atoms with Crippen molar-refractivity contribution in [1.82, 2.24) is 0 Å². The predicted molar refractivity (Wildman–Crippen MR) is 88.5 cm³/mol. The monoisotopic (exact) mass is 369 g/mol. The number of carboxylic acids is 1. The second-order valence-electron chi connectivity index (χ2n) is 5.07. The highest BCUT2D eigenvalue weighted by Gasteiger charge is 2.22. The molecule has 2 rings (SSSR count). The van der Waals surface area contributed by atoms with Crippen molar-refractivity contribution >= 4 is 31.5 Å². The zero-order valence-corrected chi connectivity index (χ0v) is 14.5. The van der Waals surface area contributed by atoms with E-state index in [4.69, 9.17) is 5.11 Å². The molecule has 0 amide bonds. The minimum Gasteiger partial charge on any atom is -0.478 e. The van der Waals surface area contributed by atoms with Crippen LogP contribution in [0.2, 0.25) is 0 Å². The molecule has 0 saturated carbocycles. The van der Waals surface area contributed by atoms with Crippen molar-refractivity contribution in [3.8, 4) is 0 Å². The Morgan fingerprint density at radius 3 is 2.04 bits per heavy atom. The van der Waals surface area contributed by atoms with Crippen molar-refractivity contribution in [3.05, 3.63) is 54.1 Å². The Labute approximate surface area is 140 Å². The number of hydrogen-bond donors (Lipinski definition) is 1. The molecule has 7 nitrogen and oxygen atoms in total. The molecule has 0 radical (unpaired) electrons. The first-order chi connectivity index (χ1) is 11.0. The van der Waals surface area contributed by atoms with Crippen LogP contribution in [0.3, 0.4) is 0 Å². The van der Waals surface area contributed by atoms with E-state index in [1.807, 2.05) is 0 Å². The summed E-state index contributed by atoms with van der Waals surface area (Å²) in [5, 5.41) is 8.97. The number of carboxylic acid groups (broad SMARTS) is 1. The molecule has 0 saturated heterocycles. The molecule has 128 valence electrons. The lowest BCUT2D eigenvalue weighted by molar-refractivity contribution is 0.0696. The number of anilines is 1. The molecule has 0 spiro atoms. The summed E-state index contributed by atoms with van der Waals surface area (Å²) in [6, 6.07) is 10.4. The average molecular weight is 369 g/mol. The third-order valence-corrected chi connectivity index (χ3v) is 6.28. The van der Waals surface area contributed by atoms with Crippen LogP contribution < -0.4 is 4.31 Å². The van der Waals surface area contributed by atoms with E-state index in [2.05, 4.69) is 0 Å². The molecule has 24 heavy (non-hydrogen) atoms. The highest BCUT2D eigenvalue weighted by molar-refractivity contribution is 7.92. The number of sulfone groups is 1. The Hall–Kier alpha value is -2.39. The first-order valence-corrected chi connectivity index (χ1v) is 9.99. The molecule has 1 N–H and O–H groups in total. The van der Waals surface area contributed by atoms with Gasteiger partial charge < -0.3 is 5.11 Å². The average Bonchev–Trinajstić information content (AvgIpc) is 2.53. The summed E-state index contributed by atoms with van der Waals surface area (Å²) in [4.78, 5) is 10.9. The van der Waals surface area contributed by atoms with Crippen molar-refractivity contribution in [1.29, 1.82) is 0 Å². The molecule has 0 aliphatic carbocycles. The van der Waals surface area contributed by atoms with Crippen LogP contribution in [0.1, 0.15) is 10.4 Å². The highest BCUT2D eigenvalue weighted by Crippen LogP contribution is 2.24. The number of benzene rings is 2. The van der Waals surface area contributed by atoms with Crippen LogP contribution in [0.15, 0.2) is 58.3 Å². The minimum atomic E-state index is -3.98. The first-order valence-electron chi connectivity index (χ1n) is 6.66. The van der Waals surface area contributed by atoms with Crippen LogP contribution in [0.25, 0.3) is 0 Å². The number of hydrogen-bond acceptors (Lipinski definition) is 5. The van der Waals surface area contributed by atoms with Crippen LogP contribution in [-0.2, 0) is 19.9 Å². The van der Waals surface area contributed by atoms with Crippen molar-refractivity contribution in [3.63, 3.8) is 0 Å². The Balaban J connectivity index is 2.42. The van der Waals surface area contributed by atoms with E-state index in [9.17, 15) is 21.6 Å². The summed E-state index contributed by atoms with van der Waals surface area (Å²) in [7, 11) is -6.05. The maximum atomic E-state index is 12.6. The molecule has 0 aliphatic heterocycles. The molecule has 2 aromatic rings. The van der Waals surface area contributed by atoms with Gasteiger partial charge in [0.2, 0.25) is 0 Å². The van der Waals surface area contributed by atoms with Gasteiger partial charge in [0.25, 0.3) is 10.0 Å². The van der Waals surface area contributed by atoms with Gasteiger partial charge in [-0.1, -0.05) is 6.07 Å². The Morgan fingerprint density at radius 2 is 1.54 bits per heavy atom. The summed E-state index contributed by atoms with van der Waals surface area (Å²) in [6.07, 6.45) is 1.06. The topological polar surface area (TPSA) is 109 Å². The number of rotatable bonds is 5. The van der Waals surface area contributed by atoms with E-state index in [1.165, 1.54) is 49.5 Å². The van der Waals surface area contributed by atoms with Crippen molar-refractivity contribution in [2.45, 2.75) is 9.79 Å². The van der Waals surface area contributed by atoms with Crippen LogP contribution in [0, 0.1) is 0 Å². The summed E-state index contributed by atoms with van der Waals surface area (Å²) in [5.74, 6) is -1.23. The molecule has 0 unspecified atom stereocenters. The smallest absolute Gasteiger partial charge is 0.335 e.